The largest absolute Gasteiger partial charge is 0.478 e. The third-order valence-corrected chi connectivity index (χ3v) is 2.33. The van der Waals surface area contributed by atoms with Gasteiger partial charge in [-0.3, -0.25) is 0 Å². The lowest BCUT2D eigenvalue weighted by molar-refractivity contribution is 0.0697. The average Bonchev–Trinajstić information content (AvgIpc) is 2.28. The van der Waals surface area contributed by atoms with Crippen LogP contribution in [0.4, 0.5) is 5.95 Å². The zero-order valence-electron chi connectivity index (χ0n) is 8.59. The maximum absolute atomic E-state index is 10.7. The van der Waals surface area contributed by atoms with Crippen molar-refractivity contribution in [3.63, 3.8) is 0 Å². The molecule has 0 unspecified atom stereocenters. The van der Waals surface area contributed by atoms with Gasteiger partial charge in [0.15, 0.2) is 0 Å². The van der Waals surface area contributed by atoms with Crippen LogP contribution in [0.25, 0.3) is 11.3 Å². The van der Waals surface area contributed by atoms with E-state index in [0.717, 1.165) is 5.56 Å². The molecule has 0 bridgehead atoms. The number of benzene rings is 1. The van der Waals surface area contributed by atoms with Gasteiger partial charge in [-0.2, -0.15) is 0 Å². The Labute approximate surface area is 102 Å². The van der Waals surface area contributed by atoms with Crippen LogP contribution >= 0.6 is 11.6 Å². The van der Waals surface area contributed by atoms with Crippen molar-refractivity contribution in [1.82, 2.24) is 9.97 Å². The smallest absolute Gasteiger partial charge is 0.335 e. The highest BCUT2D eigenvalue weighted by molar-refractivity contribution is 6.29. The molecule has 0 atom stereocenters. The van der Waals surface area contributed by atoms with E-state index >= 15 is 0 Å². The zero-order chi connectivity index (χ0) is 12.4. The van der Waals surface area contributed by atoms with Gasteiger partial charge < -0.3 is 10.8 Å². The number of nitrogens with two attached hydrogens (primary N) is 1. The lowest BCUT2D eigenvalue weighted by Crippen LogP contribution is -1.98. The first-order valence-electron chi connectivity index (χ1n) is 4.70. The topological polar surface area (TPSA) is 89.1 Å². The van der Waals surface area contributed by atoms with Gasteiger partial charge >= 0.3 is 5.97 Å². The summed E-state index contributed by atoms with van der Waals surface area (Å²) in [6.07, 6.45) is 0. The Bertz CT molecular complexity index is 549. The van der Waals surface area contributed by atoms with Crippen molar-refractivity contribution < 1.29 is 9.90 Å². The van der Waals surface area contributed by atoms with E-state index in [9.17, 15) is 4.79 Å². The molecule has 0 spiro atoms. The van der Waals surface area contributed by atoms with E-state index in [1.165, 1.54) is 12.1 Å². The average molecular weight is 250 g/mol. The number of aromatic nitrogens is 2. The second-order valence-corrected chi connectivity index (χ2v) is 3.70. The van der Waals surface area contributed by atoms with Gasteiger partial charge in [-0.15, -0.1) is 0 Å². The molecule has 0 saturated heterocycles. The first-order chi connectivity index (χ1) is 8.06. The summed E-state index contributed by atoms with van der Waals surface area (Å²) in [5, 5.41) is 9.01. The SMILES string of the molecule is Nc1nc(Cl)cc(-c2ccc(C(=O)O)cc2)n1. The molecule has 0 amide bonds. The number of halogens is 1. The first-order valence-corrected chi connectivity index (χ1v) is 5.08. The molecule has 0 aliphatic heterocycles. The van der Waals surface area contributed by atoms with Crippen LogP contribution in [0.5, 0.6) is 0 Å². The molecule has 1 heterocycles. The van der Waals surface area contributed by atoms with Gasteiger partial charge in [-0.25, -0.2) is 14.8 Å². The number of carbonyl (C=O) groups is 1. The van der Waals surface area contributed by atoms with Crippen LogP contribution in [0, 0.1) is 0 Å². The molecule has 5 nitrogen and oxygen atoms in total. The molecule has 0 fully saturated rings. The second-order valence-electron chi connectivity index (χ2n) is 3.32. The molecule has 0 aliphatic rings. The summed E-state index contributed by atoms with van der Waals surface area (Å²) in [5.41, 5.74) is 6.97. The van der Waals surface area contributed by atoms with Gasteiger partial charge in [0.05, 0.1) is 11.3 Å². The van der Waals surface area contributed by atoms with Crippen molar-refractivity contribution in [2.45, 2.75) is 0 Å². The number of nitrogen functional groups attached to an aromatic ring is 1. The summed E-state index contributed by atoms with van der Waals surface area (Å²) in [4.78, 5) is 18.4. The van der Waals surface area contributed by atoms with Gasteiger partial charge in [-0.1, -0.05) is 23.7 Å². The van der Waals surface area contributed by atoms with E-state index in [-0.39, 0.29) is 16.7 Å². The third kappa shape index (κ3) is 2.51. The van der Waals surface area contributed by atoms with E-state index < -0.39 is 5.97 Å². The molecule has 0 aliphatic carbocycles. The molecule has 0 radical (unpaired) electrons. The number of hydrogen-bond donors (Lipinski definition) is 2. The number of aromatic carboxylic acids is 1. The number of carboxylic acid groups (broad SMARTS) is 1. The van der Waals surface area contributed by atoms with Crippen LogP contribution in [0.15, 0.2) is 30.3 Å². The van der Waals surface area contributed by atoms with Crippen LogP contribution < -0.4 is 5.73 Å². The fourth-order valence-electron chi connectivity index (χ4n) is 1.37. The van der Waals surface area contributed by atoms with Crippen molar-refractivity contribution in [2.24, 2.45) is 0 Å². The first kappa shape index (κ1) is 11.3. The fraction of sp³-hybridized carbons (Fsp3) is 0. The van der Waals surface area contributed by atoms with Crippen molar-refractivity contribution in [3.8, 4) is 11.3 Å². The molecule has 2 rings (SSSR count). The van der Waals surface area contributed by atoms with E-state index in [4.69, 9.17) is 22.4 Å². The lowest BCUT2D eigenvalue weighted by Gasteiger charge is -2.03. The summed E-state index contributed by atoms with van der Waals surface area (Å²) in [7, 11) is 0. The summed E-state index contributed by atoms with van der Waals surface area (Å²) < 4.78 is 0. The molecule has 17 heavy (non-hydrogen) atoms. The highest BCUT2D eigenvalue weighted by Crippen LogP contribution is 2.21. The molecule has 2 aromatic rings. The van der Waals surface area contributed by atoms with Gasteiger partial charge in [0.2, 0.25) is 5.95 Å². The molecule has 6 heteroatoms. The van der Waals surface area contributed by atoms with Crippen LogP contribution in [0.3, 0.4) is 0 Å². The van der Waals surface area contributed by atoms with Gasteiger partial charge in [0.25, 0.3) is 0 Å². The van der Waals surface area contributed by atoms with Gasteiger partial charge in [0, 0.05) is 11.6 Å². The van der Waals surface area contributed by atoms with E-state index in [1.807, 2.05) is 0 Å². The second kappa shape index (κ2) is 4.39. The van der Waals surface area contributed by atoms with Gasteiger partial charge in [0.1, 0.15) is 5.15 Å². The van der Waals surface area contributed by atoms with Crippen molar-refractivity contribution in [2.75, 3.05) is 5.73 Å². The highest BCUT2D eigenvalue weighted by atomic mass is 35.5. The highest BCUT2D eigenvalue weighted by Gasteiger charge is 2.06. The van der Waals surface area contributed by atoms with E-state index in [1.54, 1.807) is 18.2 Å². The van der Waals surface area contributed by atoms with Crippen LogP contribution in [0.1, 0.15) is 10.4 Å². The van der Waals surface area contributed by atoms with E-state index in [0.29, 0.717) is 5.69 Å². The summed E-state index contributed by atoms with van der Waals surface area (Å²) in [6.45, 7) is 0. The normalized spacial score (nSPS) is 10.2. The molecule has 3 N–H and O–H groups in total. The number of anilines is 1. The third-order valence-electron chi connectivity index (χ3n) is 2.14. The van der Waals surface area contributed by atoms with E-state index in [2.05, 4.69) is 9.97 Å². The molecule has 0 saturated carbocycles. The Morgan fingerprint density at radius 2 is 1.88 bits per heavy atom. The summed E-state index contributed by atoms with van der Waals surface area (Å²) in [6, 6.07) is 7.82. The fourth-order valence-corrected chi connectivity index (χ4v) is 1.56. The Hall–Kier alpha value is -2.14. The minimum atomic E-state index is -0.975. The molecule has 1 aromatic carbocycles. The Morgan fingerprint density at radius 3 is 2.41 bits per heavy atom. The molecular weight excluding hydrogens is 242 g/mol. The van der Waals surface area contributed by atoms with Crippen LogP contribution in [-0.2, 0) is 0 Å². The Kier molecular flexibility index (Phi) is 2.93. The number of hydrogen-bond acceptors (Lipinski definition) is 4. The Morgan fingerprint density at radius 1 is 1.24 bits per heavy atom. The van der Waals surface area contributed by atoms with Crippen molar-refractivity contribution >= 4 is 23.5 Å². The summed E-state index contributed by atoms with van der Waals surface area (Å²) in [5.74, 6) is -0.897. The lowest BCUT2D eigenvalue weighted by atomic mass is 10.1. The molecule has 86 valence electrons. The Balaban J connectivity index is 2.43. The minimum absolute atomic E-state index is 0.0785. The van der Waals surface area contributed by atoms with Crippen molar-refractivity contribution in [1.29, 1.82) is 0 Å². The number of rotatable bonds is 2. The monoisotopic (exact) mass is 249 g/mol. The van der Waals surface area contributed by atoms with Crippen LogP contribution in [-0.4, -0.2) is 21.0 Å². The van der Waals surface area contributed by atoms with Crippen LogP contribution in [0.2, 0.25) is 5.15 Å². The quantitative estimate of drug-likeness (QED) is 0.796. The summed E-state index contributed by atoms with van der Waals surface area (Å²) >= 11 is 5.76. The number of carboxylic acids is 1. The zero-order valence-corrected chi connectivity index (χ0v) is 9.35. The predicted octanol–water partition coefficient (Wildman–Crippen LogP) is 2.08. The predicted molar refractivity (Wildman–Crippen MR) is 63.8 cm³/mol. The molecule has 1 aromatic heterocycles. The maximum Gasteiger partial charge on any atom is 0.335 e. The minimum Gasteiger partial charge on any atom is -0.478 e. The molecular formula is C11H8ClN3O2. The maximum atomic E-state index is 10.7. The van der Waals surface area contributed by atoms with Gasteiger partial charge in [-0.05, 0) is 12.1 Å². The standard InChI is InChI=1S/C11H8ClN3O2/c12-9-5-8(14-11(13)15-9)6-1-3-7(4-2-6)10(16)17/h1-5H,(H,16,17)(H2,13,14,15). The number of nitrogens with zero attached hydrogens (tertiary/aromatic N) is 2. The van der Waals surface area contributed by atoms with Crippen molar-refractivity contribution in [3.05, 3.63) is 41.0 Å².